The molecule has 2 unspecified atom stereocenters. The fourth-order valence-corrected chi connectivity index (χ4v) is 4.67. The van der Waals surface area contributed by atoms with Gasteiger partial charge in [-0.3, -0.25) is 9.59 Å². The molecular weight excluding hydrogens is 420 g/mol. The Bertz CT molecular complexity index is 1050. The third kappa shape index (κ3) is 5.08. The normalized spacial score (nSPS) is 19.5. The van der Waals surface area contributed by atoms with Crippen LogP contribution in [0.1, 0.15) is 43.2 Å². The van der Waals surface area contributed by atoms with Crippen molar-refractivity contribution in [2.24, 2.45) is 5.92 Å². The first-order valence-electron chi connectivity index (χ1n) is 11.2. The molecule has 7 heteroatoms. The molecule has 2 atom stereocenters. The molecular formula is C26H28N2O5. The van der Waals surface area contributed by atoms with Crippen molar-refractivity contribution in [1.29, 1.82) is 0 Å². The topological polar surface area (TPSA) is 105 Å². The summed E-state index contributed by atoms with van der Waals surface area (Å²) in [5, 5.41) is 14.6. The summed E-state index contributed by atoms with van der Waals surface area (Å²) in [7, 11) is 0. The van der Waals surface area contributed by atoms with Crippen LogP contribution in [-0.2, 0) is 14.3 Å². The quantitative estimate of drug-likeness (QED) is 0.558. The number of rotatable bonds is 7. The minimum atomic E-state index is -0.814. The van der Waals surface area contributed by atoms with Gasteiger partial charge in [0.05, 0.1) is 5.92 Å². The van der Waals surface area contributed by atoms with Gasteiger partial charge in [-0.1, -0.05) is 54.6 Å². The Kier molecular flexibility index (Phi) is 6.77. The van der Waals surface area contributed by atoms with Crippen molar-refractivity contribution in [3.05, 3.63) is 71.3 Å². The van der Waals surface area contributed by atoms with E-state index >= 15 is 0 Å². The second-order valence-electron chi connectivity index (χ2n) is 8.61. The molecule has 7 nitrogen and oxygen atoms in total. The van der Waals surface area contributed by atoms with Gasteiger partial charge in [0.25, 0.3) is 0 Å². The van der Waals surface area contributed by atoms with E-state index in [4.69, 9.17) is 9.84 Å². The van der Waals surface area contributed by atoms with Gasteiger partial charge in [-0.15, -0.1) is 0 Å². The Labute approximate surface area is 192 Å². The summed E-state index contributed by atoms with van der Waals surface area (Å²) in [4.78, 5) is 35.6. The average Bonchev–Trinajstić information content (AvgIpc) is 3.40. The minimum Gasteiger partial charge on any atom is -0.481 e. The average molecular weight is 449 g/mol. The van der Waals surface area contributed by atoms with Crippen LogP contribution < -0.4 is 10.6 Å². The number of hydrogen-bond donors (Lipinski definition) is 3. The lowest BCUT2D eigenvalue weighted by molar-refractivity contribution is -0.141. The zero-order chi connectivity index (χ0) is 23.4. The van der Waals surface area contributed by atoms with Crippen molar-refractivity contribution < 1.29 is 24.2 Å². The van der Waals surface area contributed by atoms with Crippen LogP contribution in [0.4, 0.5) is 4.79 Å². The van der Waals surface area contributed by atoms with E-state index in [1.54, 1.807) is 13.0 Å². The van der Waals surface area contributed by atoms with Crippen LogP contribution in [-0.4, -0.2) is 42.3 Å². The van der Waals surface area contributed by atoms with Crippen LogP contribution in [0.15, 0.2) is 60.2 Å². The van der Waals surface area contributed by atoms with E-state index in [2.05, 4.69) is 34.9 Å². The summed E-state index contributed by atoms with van der Waals surface area (Å²) in [6.45, 7) is 2.06. The Balaban J connectivity index is 1.25. The van der Waals surface area contributed by atoms with Crippen LogP contribution in [0.2, 0.25) is 0 Å². The molecule has 2 aliphatic rings. The van der Waals surface area contributed by atoms with Gasteiger partial charge < -0.3 is 20.5 Å². The summed E-state index contributed by atoms with van der Waals surface area (Å²) in [6, 6.07) is 16.2. The molecule has 2 aromatic carbocycles. The number of amides is 2. The lowest BCUT2D eigenvalue weighted by atomic mass is 9.98. The first-order valence-corrected chi connectivity index (χ1v) is 11.2. The van der Waals surface area contributed by atoms with Crippen molar-refractivity contribution in [2.45, 2.75) is 38.1 Å². The van der Waals surface area contributed by atoms with Gasteiger partial charge in [0, 0.05) is 24.1 Å². The van der Waals surface area contributed by atoms with Gasteiger partial charge in [-0.25, -0.2) is 4.79 Å². The van der Waals surface area contributed by atoms with E-state index in [0.717, 1.165) is 11.1 Å². The largest absolute Gasteiger partial charge is 0.481 e. The first-order chi connectivity index (χ1) is 15.9. The van der Waals surface area contributed by atoms with Crippen LogP contribution in [0.5, 0.6) is 0 Å². The van der Waals surface area contributed by atoms with Crippen LogP contribution >= 0.6 is 0 Å². The van der Waals surface area contributed by atoms with E-state index in [0.29, 0.717) is 24.8 Å². The minimum absolute atomic E-state index is 0.00718. The molecule has 0 aromatic heterocycles. The number of alkyl carbamates (subject to hydrolysis) is 1. The van der Waals surface area contributed by atoms with Gasteiger partial charge in [0.2, 0.25) is 5.91 Å². The lowest BCUT2D eigenvalue weighted by Gasteiger charge is -2.14. The van der Waals surface area contributed by atoms with Crippen molar-refractivity contribution in [2.75, 3.05) is 13.2 Å². The number of ether oxygens (including phenoxy) is 1. The Morgan fingerprint density at radius 3 is 2.27 bits per heavy atom. The molecule has 4 rings (SSSR count). The summed E-state index contributed by atoms with van der Waals surface area (Å²) >= 11 is 0. The van der Waals surface area contributed by atoms with Gasteiger partial charge in [0.15, 0.2) is 0 Å². The maximum absolute atomic E-state index is 12.3. The molecule has 0 saturated heterocycles. The highest BCUT2D eigenvalue weighted by atomic mass is 16.5. The number of aliphatic carboxylic acids is 1. The molecule has 1 saturated carbocycles. The first kappa shape index (κ1) is 22.6. The Morgan fingerprint density at radius 1 is 1.03 bits per heavy atom. The zero-order valence-corrected chi connectivity index (χ0v) is 18.5. The molecule has 1 fully saturated rings. The Hall–Kier alpha value is -3.61. The molecule has 2 aliphatic carbocycles. The van der Waals surface area contributed by atoms with Gasteiger partial charge in [0.1, 0.15) is 6.61 Å². The van der Waals surface area contributed by atoms with Gasteiger partial charge in [-0.2, -0.15) is 0 Å². The van der Waals surface area contributed by atoms with Gasteiger partial charge >= 0.3 is 12.1 Å². The molecule has 3 N–H and O–H groups in total. The number of carboxylic acids is 1. The number of nitrogens with one attached hydrogen (secondary N) is 2. The molecule has 172 valence electrons. The van der Waals surface area contributed by atoms with E-state index in [1.165, 1.54) is 11.1 Å². The van der Waals surface area contributed by atoms with Crippen molar-refractivity contribution >= 4 is 18.0 Å². The molecule has 2 aromatic rings. The SMILES string of the molecule is C/C(=C\CNC(=O)OCC1c2ccccc2-c2ccccc21)C(=O)NC1CCC(C(=O)O)C1. The lowest BCUT2D eigenvalue weighted by Crippen LogP contribution is -2.34. The molecule has 0 bridgehead atoms. The van der Waals surface area contributed by atoms with Crippen LogP contribution in [0.25, 0.3) is 11.1 Å². The molecule has 2 amide bonds. The fourth-order valence-electron chi connectivity index (χ4n) is 4.67. The second kappa shape index (κ2) is 9.90. The second-order valence-corrected chi connectivity index (χ2v) is 8.61. The molecule has 0 radical (unpaired) electrons. The third-order valence-electron chi connectivity index (χ3n) is 6.47. The van der Waals surface area contributed by atoms with Crippen molar-refractivity contribution in [1.82, 2.24) is 10.6 Å². The van der Waals surface area contributed by atoms with E-state index < -0.39 is 18.0 Å². The Morgan fingerprint density at radius 2 is 1.67 bits per heavy atom. The van der Waals surface area contributed by atoms with Gasteiger partial charge in [-0.05, 0) is 48.4 Å². The highest BCUT2D eigenvalue weighted by Crippen LogP contribution is 2.44. The van der Waals surface area contributed by atoms with Crippen molar-refractivity contribution in [3.8, 4) is 11.1 Å². The molecule has 0 aliphatic heterocycles. The number of carbonyl (C=O) groups excluding carboxylic acids is 2. The van der Waals surface area contributed by atoms with E-state index in [-0.39, 0.29) is 31.0 Å². The summed E-state index contributed by atoms with van der Waals surface area (Å²) < 4.78 is 5.49. The predicted molar refractivity (Wildman–Crippen MR) is 124 cm³/mol. The maximum Gasteiger partial charge on any atom is 0.407 e. The molecule has 0 spiro atoms. The molecule has 33 heavy (non-hydrogen) atoms. The summed E-state index contributed by atoms with van der Waals surface area (Å²) in [5.41, 5.74) is 5.10. The number of carbonyl (C=O) groups is 3. The number of benzene rings is 2. The fraction of sp³-hybridized carbons (Fsp3) is 0.346. The predicted octanol–water partition coefficient (Wildman–Crippen LogP) is 3.84. The highest BCUT2D eigenvalue weighted by Gasteiger charge is 2.31. The smallest absolute Gasteiger partial charge is 0.407 e. The summed E-state index contributed by atoms with van der Waals surface area (Å²) in [6.07, 6.45) is 2.77. The van der Waals surface area contributed by atoms with Crippen molar-refractivity contribution in [3.63, 3.8) is 0 Å². The van der Waals surface area contributed by atoms with E-state index in [9.17, 15) is 14.4 Å². The summed E-state index contributed by atoms with van der Waals surface area (Å²) in [5.74, 6) is -1.46. The van der Waals surface area contributed by atoms with Crippen LogP contribution in [0.3, 0.4) is 0 Å². The highest BCUT2D eigenvalue weighted by molar-refractivity contribution is 5.93. The standard InChI is InChI=1S/C26H28N2O5/c1-16(24(29)28-18-11-10-17(14-18)25(30)31)12-13-27-26(32)33-15-23-21-8-4-2-6-19(21)20-7-3-5-9-22(20)23/h2-9,12,17-18,23H,10-11,13-15H2,1H3,(H,27,32)(H,28,29)(H,30,31)/b16-12+. The number of fused-ring (bicyclic) bond motifs is 3. The third-order valence-corrected chi connectivity index (χ3v) is 6.47. The maximum atomic E-state index is 12.3. The monoisotopic (exact) mass is 448 g/mol. The zero-order valence-electron chi connectivity index (χ0n) is 18.5. The van der Waals surface area contributed by atoms with Crippen LogP contribution in [0, 0.1) is 5.92 Å². The number of hydrogen-bond acceptors (Lipinski definition) is 4. The number of carboxylic acid groups (broad SMARTS) is 1. The van der Waals surface area contributed by atoms with E-state index in [1.807, 2.05) is 24.3 Å². The molecule has 0 heterocycles.